The molecule has 0 aromatic heterocycles. The number of hydrogen-bond acceptors (Lipinski definition) is 3. The minimum atomic E-state index is -0.958. The standard InChI is InChI=1S/C9H9F2N3/c10-6-3-5(13)4-7(11)9(6)8(14)1-2-12/h3-4,8H,1,13-14H2/t8-/m1/s1. The van der Waals surface area contributed by atoms with Gasteiger partial charge >= 0.3 is 0 Å². The fourth-order valence-corrected chi connectivity index (χ4v) is 1.16. The van der Waals surface area contributed by atoms with E-state index in [1.165, 1.54) is 0 Å². The zero-order chi connectivity index (χ0) is 10.7. The molecule has 0 heterocycles. The molecule has 0 amide bonds. The van der Waals surface area contributed by atoms with Gasteiger partial charge in [0.05, 0.1) is 12.5 Å². The molecular formula is C9H9F2N3. The number of halogens is 2. The minimum absolute atomic E-state index is 0.00657. The van der Waals surface area contributed by atoms with E-state index < -0.39 is 17.7 Å². The molecule has 0 aliphatic rings. The maximum absolute atomic E-state index is 13.2. The third kappa shape index (κ3) is 1.98. The number of nitrogens with two attached hydrogens (primary N) is 2. The summed E-state index contributed by atoms with van der Waals surface area (Å²) >= 11 is 0. The van der Waals surface area contributed by atoms with E-state index in [4.69, 9.17) is 16.7 Å². The van der Waals surface area contributed by atoms with Gasteiger partial charge in [0.2, 0.25) is 0 Å². The number of anilines is 1. The maximum atomic E-state index is 13.2. The Labute approximate surface area is 79.9 Å². The van der Waals surface area contributed by atoms with Crippen molar-refractivity contribution in [2.24, 2.45) is 5.73 Å². The molecule has 0 radical (unpaired) electrons. The van der Waals surface area contributed by atoms with Crippen LogP contribution in [0.15, 0.2) is 12.1 Å². The van der Waals surface area contributed by atoms with Crippen LogP contribution >= 0.6 is 0 Å². The van der Waals surface area contributed by atoms with Crippen LogP contribution < -0.4 is 11.5 Å². The van der Waals surface area contributed by atoms with Gasteiger partial charge in [0.25, 0.3) is 0 Å². The number of rotatable bonds is 2. The van der Waals surface area contributed by atoms with Crippen molar-refractivity contribution in [2.75, 3.05) is 5.73 Å². The molecule has 74 valence electrons. The van der Waals surface area contributed by atoms with Gasteiger partial charge in [-0.2, -0.15) is 5.26 Å². The summed E-state index contributed by atoms with van der Waals surface area (Å²) in [4.78, 5) is 0. The quantitative estimate of drug-likeness (QED) is 0.704. The molecule has 0 bridgehead atoms. The summed E-state index contributed by atoms with van der Waals surface area (Å²) in [5.74, 6) is -1.63. The van der Waals surface area contributed by atoms with Gasteiger partial charge in [0.15, 0.2) is 0 Å². The van der Waals surface area contributed by atoms with Gasteiger partial charge < -0.3 is 11.5 Å². The lowest BCUT2D eigenvalue weighted by atomic mass is 10.0. The second-order valence-electron chi connectivity index (χ2n) is 2.87. The van der Waals surface area contributed by atoms with Crippen molar-refractivity contribution >= 4 is 5.69 Å². The van der Waals surface area contributed by atoms with E-state index in [0.29, 0.717) is 0 Å². The van der Waals surface area contributed by atoms with Crippen LogP contribution in [-0.2, 0) is 0 Å². The second-order valence-corrected chi connectivity index (χ2v) is 2.87. The molecular weight excluding hydrogens is 188 g/mol. The van der Waals surface area contributed by atoms with Crippen molar-refractivity contribution in [1.82, 2.24) is 0 Å². The van der Waals surface area contributed by atoms with Crippen LogP contribution in [0.4, 0.5) is 14.5 Å². The Bertz CT molecular complexity index is 361. The average Bonchev–Trinajstić information content (AvgIpc) is 2.01. The first kappa shape index (κ1) is 10.4. The van der Waals surface area contributed by atoms with Crippen LogP contribution in [0.3, 0.4) is 0 Å². The Balaban J connectivity index is 3.15. The highest BCUT2D eigenvalue weighted by molar-refractivity contribution is 5.42. The normalized spacial score (nSPS) is 12.1. The van der Waals surface area contributed by atoms with E-state index in [2.05, 4.69) is 0 Å². The van der Waals surface area contributed by atoms with E-state index in [9.17, 15) is 8.78 Å². The van der Waals surface area contributed by atoms with Crippen molar-refractivity contribution in [3.8, 4) is 6.07 Å². The SMILES string of the molecule is N#CC[C@@H](N)c1c(F)cc(N)cc1F. The highest BCUT2D eigenvalue weighted by Crippen LogP contribution is 2.23. The summed E-state index contributed by atoms with van der Waals surface area (Å²) in [6, 6.07) is 2.75. The molecule has 14 heavy (non-hydrogen) atoms. The topological polar surface area (TPSA) is 75.8 Å². The van der Waals surface area contributed by atoms with Gasteiger partial charge in [-0.1, -0.05) is 0 Å². The van der Waals surface area contributed by atoms with Crippen molar-refractivity contribution < 1.29 is 8.78 Å². The lowest BCUT2D eigenvalue weighted by Gasteiger charge is -2.10. The molecule has 4 N–H and O–H groups in total. The number of benzene rings is 1. The molecule has 1 rings (SSSR count). The Hall–Kier alpha value is -1.67. The Morgan fingerprint density at radius 3 is 2.29 bits per heavy atom. The van der Waals surface area contributed by atoms with Gasteiger partial charge in [0, 0.05) is 17.3 Å². The zero-order valence-corrected chi connectivity index (χ0v) is 7.30. The summed E-state index contributed by atoms with van der Waals surface area (Å²) in [6.45, 7) is 0. The summed E-state index contributed by atoms with van der Waals surface area (Å²) in [5.41, 5.74) is 10.3. The van der Waals surface area contributed by atoms with E-state index in [-0.39, 0.29) is 17.7 Å². The van der Waals surface area contributed by atoms with E-state index >= 15 is 0 Å². The third-order valence-electron chi connectivity index (χ3n) is 1.78. The van der Waals surface area contributed by atoms with Gasteiger partial charge in [0.1, 0.15) is 11.6 Å². The minimum Gasteiger partial charge on any atom is -0.399 e. The van der Waals surface area contributed by atoms with Gasteiger partial charge in [-0.05, 0) is 12.1 Å². The molecule has 3 nitrogen and oxygen atoms in total. The molecule has 0 unspecified atom stereocenters. The van der Waals surface area contributed by atoms with Crippen LogP contribution in [0.1, 0.15) is 18.0 Å². The molecule has 1 atom stereocenters. The number of nitrogens with zero attached hydrogens (tertiary/aromatic N) is 1. The van der Waals surface area contributed by atoms with E-state index in [1.807, 2.05) is 0 Å². The molecule has 0 aliphatic heterocycles. The Kier molecular flexibility index (Phi) is 2.99. The van der Waals surface area contributed by atoms with Crippen LogP contribution in [0.5, 0.6) is 0 Å². The summed E-state index contributed by atoms with van der Waals surface area (Å²) < 4.78 is 26.4. The zero-order valence-electron chi connectivity index (χ0n) is 7.30. The predicted molar refractivity (Wildman–Crippen MR) is 47.9 cm³/mol. The third-order valence-corrected chi connectivity index (χ3v) is 1.78. The Morgan fingerprint density at radius 2 is 1.86 bits per heavy atom. The summed E-state index contributed by atoms with van der Waals surface area (Å²) in [7, 11) is 0. The molecule has 0 saturated heterocycles. The number of nitriles is 1. The molecule has 1 aromatic rings. The van der Waals surface area contributed by atoms with Gasteiger partial charge in [-0.25, -0.2) is 8.78 Å². The molecule has 0 saturated carbocycles. The van der Waals surface area contributed by atoms with Crippen molar-refractivity contribution in [3.05, 3.63) is 29.3 Å². The molecule has 1 aromatic carbocycles. The van der Waals surface area contributed by atoms with Gasteiger partial charge in [-0.15, -0.1) is 0 Å². The van der Waals surface area contributed by atoms with Crippen LogP contribution in [0.2, 0.25) is 0 Å². The Morgan fingerprint density at radius 1 is 1.36 bits per heavy atom. The number of nitrogen functional groups attached to an aromatic ring is 1. The maximum Gasteiger partial charge on any atom is 0.132 e. The molecule has 5 heteroatoms. The fraction of sp³-hybridized carbons (Fsp3) is 0.222. The van der Waals surface area contributed by atoms with Crippen LogP contribution in [0, 0.1) is 23.0 Å². The van der Waals surface area contributed by atoms with Crippen LogP contribution in [0.25, 0.3) is 0 Å². The van der Waals surface area contributed by atoms with Crippen LogP contribution in [-0.4, -0.2) is 0 Å². The van der Waals surface area contributed by atoms with Crippen molar-refractivity contribution in [2.45, 2.75) is 12.5 Å². The fourth-order valence-electron chi connectivity index (χ4n) is 1.16. The van der Waals surface area contributed by atoms with Crippen molar-refractivity contribution in [3.63, 3.8) is 0 Å². The van der Waals surface area contributed by atoms with Gasteiger partial charge in [-0.3, -0.25) is 0 Å². The number of hydrogen-bond donors (Lipinski definition) is 2. The first-order valence-corrected chi connectivity index (χ1v) is 3.93. The molecule has 0 aliphatic carbocycles. The first-order chi connectivity index (χ1) is 6.56. The summed E-state index contributed by atoms with van der Waals surface area (Å²) in [5, 5.41) is 8.33. The van der Waals surface area contributed by atoms with E-state index in [1.54, 1.807) is 6.07 Å². The smallest absolute Gasteiger partial charge is 0.132 e. The van der Waals surface area contributed by atoms with Crippen molar-refractivity contribution in [1.29, 1.82) is 5.26 Å². The van der Waals surface area contributed by atoms with E-state index in [0.717, 1.165) is 12.1 Å². The highest BCUT2D eigenvalue weighted by atomic mass is 19.1. The average molecular weight is 197 g/mol. The lowest BCUT2D eigenvalue weighted by molar-refractivity contribution is 0.529. The summed E-state index contributed by atoms with van der Waals surface area (Å²) in [6.07, 6.45) is -0.141. The largest absolute Gasteiger partial charge is 0.399 e. The second kappa shape index (κ2) is 4.03. The molecule has 0 spiro atoms. The predicted octanol–water partition coefficient (Wildman–Crippen LogP) is 1.46. The highest BCUT2D eigenvalue weighted by Gasteiger charge is 2.17. The monoisotopic (exact) mass is 197 g/mol. The molecule has 0 fully saturated rings. The lowest BCUT2D eigenvalue weighted by Crippen LogP contribution is -2.14. The first-order valence-electron chi connectivity index (χ1n) is 3.93.